The van der Waals surface area contributed by atoms with E-state index in [2.05, 4.69) is 12.2 Å². The maximum atomic E-state index is 12.8. The third-order valence-corrected chi connectivity index (χ3v) is 4.79. The average Bonchev–Trinajstić information content (AvgIpc) is 2.64. The number of nitrogens with zero attached hydrogens (tertiary/aromatic N) is 2. The van der Waals surface area contributed by atoms with E-state index in [-0.39, 0.29) is 24.2 Å². The van der Waals surface area contributed by atoms with Crippen molar-refractivity contribution < 1.29 is 9.59 Å². The Morgan fingerprint density at radius 3 is 2.35 bits per heavy atom. The first-order valence-electron chi connectivity index (χ1n) is 9.41. The third kappa shape index (κ3) is 6.96. The number of piperidine rings is 1. The van der Waals surface area contributed by atoms with Crippen LogP contribution in [0.2, 0.25) is 0 Å². The molecule has 0 saturated carbocycles. The summed E-state index contributed by atoms with van der Waals surface area (Å²) in [7, 11) is 0. The highest BCUT2D eigenvalue weighted by atomic mass is 35.5. The lowest BCUT2D eigenvalue weighted by Crippen LogP contribution is -2.47. The summed E-state index contributed by atoms with van der Waals surface area (Å²) < 4.78 is 0. The van der Waals surface area contributed by atoms with Crippen molar-refractivity contribution in [2.45, 2.75) is 52.1 Å². The molecule has 0 bridgehead atoms. The van der Waals surface area contributed by atoms with Crippen LogP contribution < -0.4 is 5.32 Å². The van der Waals surface area contributed by atoms with Crippen LogP contribution >= 0.6 is 12.4 Å². The molecular weight excluding hydrogens is 350 g/mol. The third-order valence-electron chi connectivity index (χ3n) is 4.79. The second-order valence-electron chi connectivity index (χ2n) is 6.74. The fourth-order valence-electron chi connectivity index (χ4n) is 3.40. The number of nitrogens with one attached hydrogen (secondary N) is 1. The lowest BCUT2D eigenvalue weighted by molar-refractivity contribution is -0.136. The normalized spacial score (nSPS) is 14.4. The Balaban J connectivity index is 0.00000338. The highest BCUT2D eigenvalue weighted by molar-refractivity contribution is 5.85. The molecule has 6 heteroatoms. The summed E-state index contributed by atoms with van der Waals surface area (Å²) in [5.74, 6) is 0.189. The SMILES string of the molecule is CCCN(C(=O)CCN(Cc1ccccc1)C(C)=O)C1CCNCC1.Cl. The first-order chi connectivity index (χ1) is 12.1. The Hall–Kier alpha value is -1.59. The van der Waals surface area contributed by atoms with Gasteiger partial charge in [-0.05, 0) is 37.9 Å². The second-order valence-corrected chi connectivity index (χ2v) is 6.74. The van der Waals surface area contributed by atoms with Gasteiger partial charge in [0, 0.05) is 39.0 Å². The molecule has 0 unspecified atom stereocenters. The van der Waals surface area contributed by atoms with E-state index in [1.807, 2.05) is 35.2 Å². The van der Waals surface area contributed by atoms with Crippen molar-refractivity contribution in [2.24, 2.45) is 0 Å². The first kappa shape index (κ1) is 22.5. The number of benzene rings is 1. The smallest absolute Gasteiger partial charge is 0.224 e. The standard InChI is InChI=1S/C20H31N3O2.ClH/c1-3-14-23(19-9-12-21-13-10-19)20(25)11-15-22(17(2)24)16-18-7-5-4-6-8-18;/h4-8,19,21H,3,9-16H2,1-2H3;1H. The summed E-state index contributed by atoms with van der Waals surface area (Å²) in [5.41, 5.74) is 1.09. The molecule has 1 aromatic carbocycles. The summed E-state index contributed by atoms with van der Waals surface area (Å²) in [6, 6.07) is 10.3. The maximum absolute atomic E-state index is 12.8. The van der Waals surface area contributed by atoms with E-state index in [1.54, 1.807) is 11.8 Å². The minimum Gasteiger partial charge on any atom is -0.340 e. The zero-order valence-electron chi connectivity index (χ0n) is 15.9. The fraction of sp³-hybridized carbons (Fsp3) is 0.600. The number of halogens is 1. The predicted octanol–water partition coefficient (Wildman–Crippen LogP) is 2.84. The minimum absolute atomic E-state index is 0. The van der Waals surface area contributed by atoms with Crippen LogP contribution in [0, 0.1) is 0 Å². The van der Waals surface area contributed by atoms with Gasteiger partial charge in [0.15, 0.2) is 0 Å². The van der Waals surface area contributed by atoms with Crippen LogP contribution in [0.4, 0.5) is 0 Å². The molecule has 1 N–H and O–H groups in total. The van der Waals surface area contributed by atoms with Crippen molar-refractivity contribution in [1.82, 2.24) is 15.1 Å². The van der Waals surface area contributed by atoms with Crippen LogP contribution in [0.1, 0.15) is 45.1 Å². The molecule has 0 atom stereocenters. The molecule has 26 heavy (non-hydrogen) atoms. The fourth-order valence-corrected chi connectivity index (χ4v) is 3.40. The summed E-state index contributed by atoms with van der Waals surface area (Å²) in [6.07, 6.45) is 3.41. The second kappa shape index (κ2) is 11.9. The van der Waals surface area contributed by atoms with E-state index >= 15 is 0 Å². The molecule has 1 aromatic rings. The Labute approximate surface area is 163 Å². The summed E-state index contributed by atoms with van der Waals surface area (Å²) in [4.78, 5) is 28.5. The molecule has 0 spiro atoms. The number of amides is 2. The molecule has 2 rings (SSSR count). The number of rotatable bonds is 8. The molecule has 146 valence electrons. The predicted molar refractivity (Wildman–Crippen MR) is 107 cm³/mol. The lowest BCUT2D eigenvalue weighted by atomic mass is 10.0. The Morgan fingerprint density at radius 2 is 1.77 bits per heavy atom. The number of hydrogen-bond donors (Lipinski definition) is 1. The summed E-state index contributed by atoms with van der Waals surface area (Å²) in [6.45, 7) is 7.49. The molecular formula is C20H32ClN3O2. The van der Waals surface area contributed by atoms with Gasteiger partial charge in [-0.3, -0.25) is 9.59 Å². The van der Waals surface area contributed by atoms with Crippen molar-refractivity contribution in [3.05, 3.63) is 35.9 Å². The van der Waals surface area contributed by atoms with E-state index in [9.17, 15) is 9.59 Å². The average molecular weight is 382 g/mol. The largest absolute Gasteiger partial charge is 0.340 e. The van der Waals surface area contributed by atoms with Gasteiger partial charge in [-0.2, -0.15) is 0 Å². The van der Waals surface area contributed by atoms with E-state index in [1.165, 1.54) is 0 Å². The van der Waals surface area contributed by atoms with Crippen LogP contribution in [0.3, 0.4) is 0 Å². The van der Waals surface area contributed by atoms with Gasteiger partial charge >= 0.3 is 0 Å². The highest BCUT2D eigenvalue weighted by Gasteiger charge is 2.25. The van der Waals surface area contributed by atoms with E-state index in [0.717, 1.165) is 44.5 Å². The van der Waals surface area contributed by atoms with E-state index < -0.39 is 0 Å². The maximum Gasteiger partial charge on any atom is 0.224 e. The van der Waals surface area contributed by atoms with Crippen LogP contribution in [0.15, 0.2) is 30.3 Å². The molecule has 1 fully saturated rings. The zero-order chi connectivity index (χ0) is 18.1. The van der Waals surface area contributed by atoms with Crippen molar-refractivity contribution in [3.8, 4) is 0 Å². The van der Waals surface area contributed by atoms with Crippen molar-refractivity contribution in [2.75, 3.05) is 26.2 Å². The van der Waals surface area contributed by atoms with Gasteiger partial charge in [0.2, 0.25) is 11.8 Å². The van der Waals surface area contributed by atoms with Gasteiger partial charge < -0.3 is 15.1 Å². The molecule has 1 aliphatic heterocycles. The number of carbonyl (C=O) groups is 2. The molecule has 0 aliphatic carbocycles. The molecule has 1 heterocycles. The number of hydrogen-bond acceptors (Lipinski definition) is 3. The summed E-state index contributed by atoms with van der Waals surface area (Å²) >= 11 is 0. The van der Waals surface area contributed by atoms with Crippen LogP contribution in [0.5, 0.6) is 0 Å². The molecule has 0 radical (unpaired) electrons. The molecule has 0 aromatic heterocycles. The molecule has 5 nitrogen and oxygen atoms in total. The van der Waals surface area contributed by atoms with Crippen LogP contribution in [-0.2, 0) is 16.1 Å². The van der Waals surface area contributed by atoms with E-state index in [4.69, 9.17) is 0 Å². The topological polar surface area (TPSA) is 52.7 Å². The van der Waals surface area contributed by atoms with Gasteiger partial charge in [0.1, 0.15) is 0 Å². The first-order valence-corrected chi connectivity index (χ1v) is 9.41. The van der Waals surface area contributed by atoms with Gasteiger partial charge in [-0.25, -0.2) is 0 Å². The Bertz CT molecular complexity index is 547. The van der Waals surface area contributed by atoms with Crippen LogP contribution in [-0.4, -0.2) is 53.8 Å². The minimum atomic E-state index is 0. The van der Waals surface area contributed by atoms with Gasteiger partial charge in [0.25, 0.3) is 0 Å². The molecule has 2 amide bonds. The van der Waals surface area contributed by atoms with Crippen LogP contribution in [0.25, 0.3) is 0 Å². The van der Waals surface area contributed by atoms with Crippen molar-refractivity contribution in [3.63, 3.8) is 0 Å². The molecule has 1 saturated heterocycles. The van der Waals surface area contributed by atoms with Gasteiger partial charge in [-0.15, -0.1) is 12.4 Å². The quantitative estimate of drug-likeness (QED) is 0.753. The highest BCUT2D eigenvalue weighted by Crippen LogP contribution is 2.15. The molecule has 1 aliphatic rings. The Morgan fingerprint density at radius 1 is 1.12 bits per heavy atom. The van der Waals surface area contributed by atoms with Crippen molar-refractivity contribution >= 4 is 24.2 Å². The monoisotopic (exact) mass is 381 g/mol. The van der Waals surface area contributed by atoms with Gasteiger partial charge in [0.05, 0.1) is 0 Å². The van der Waals surface area contributed by atoms with Gasteiger partial charge in [-0.1, -0.05) is 37.3 Å². The van der Waals surface area contributed by atoms with E-state index in [0.29, 0.717) is 25.6 Å². The lowest BCUT2D eigenvalue weighted by Gasteiger charge is -2.35. The zero-order valence-corrected chi connectivity index (χ0v) is 16.8. The summed E-state index contributed by atoms with van der Waals surface area (Å²) in [5, 5.41) is 3.35. The van der Waals surface area contributed by atoms with Crippen molar-refractivity contribution in [1.29, 1.82) is 0 Å². The Kier molecular flexibility index (Phi) is 10.3. The number of carbonyl (C=O) groups excluding carboxylic acids is 2.